The lowest BCUT2D eigenvalue weighted by atomic mass is 10.0. The van der Waals surface area contributed by atoms with E-state index in [1.165, 1.54) is 19.6 Å². The molecule has 0 radical (unpaired) electrons. The molecule has 1 amide bonds. The van der Waals surface area contributed by atoms with Gasteiger partial charge in [-0.2, -0.15) is 22.5 Å². The fraction of sp³-hybridized carbons (Fsp3) is 0.333. The van der Waals surface area contributed by atoms with Gasteiger partial charge in [0.1, 0.15) is 11.4 Å². The first-order valence-electron chi connectivity index (χ1n) is 10.6. The van der Waals surface area contributed by atoms with Gasteiger partial charge in [0.15, 0.2) is 5.66 Å². The maximum atomic E-state index is 13.7. The number of nitrogens with zero attached hydrogens (tertiary/aromatic N) is 4. The van der Waals surface area contributed by atoms with E-state index in [0.29, 0.717) is 23.1 Å². The molecule has 1 aromatic carbocycles. The summed E-state index contributed by atoms with van der Waals surface area (Å²) in [5.74, 6) is -0.840. The lowest BCUT2D eigenvalue weighted by Gasteiger charge is -2.39. The van der Waals surface area contributed by atoms with Crippen LogP contribution in [0.3, 0.4) is 0 Å². The van der Waals surface area contributed by atoms with Gasteiger partial charge in [-0.25, -0.2) is 18.4 Å². The van der Waals surface area contributed by atoms with Crippen molar-refractivity contribution in [3.63, 3.8) is 0 Å². The molecule has 2 aromatic rings. The van der Waals surface area contributed by atoms with Crippen molar-refractivity contribution < 1.29 is 26.4 Å². The highest BCUT2D eigenvalue weighted by Gasteiger charge is 2.43. The summed E-state index contributed by atoms with van der Waals surface area (Å²) in [6.07, 6.45) is -0.199. The fourth-order valence-electron chi connectivity index (χ4n) is 3.85. The number of carbonyl (C=O) groups is 1. The topological polar surface area (TPSA) is 141 Å². The Morgan fingerprint density at radius 1 is 1.28 bits per heavy atom. The number of benzene rings is 1. The molecule has 0 spiro atoms. The SMILES string of the molecule is CC1=CNC=NC1(CNc1nc(Nc2ccc3c(c2)CC(=O)N3)ncc1C(F)(F)F)N(C)S(C)(=O)=O. The molecule has 0 saturated carbocycles. The average Bonchev–Trinajstić information content (AvgIpc) is 3.16. The maximum Gasteiger partial charge on any atom is 0.421 e. The number of hydrogen-bond acceptors (Lipinski definition) is 9. The van der Waals surface area contributed by atoms with Crippen LogP contribution in [0.4, 0.5) is 36.3 Å². The van der Waals surface area contributed by atoms with Crippen LogP contribution >= 0.6 is 0 Å². The largest absolute Gasteiger partial charge is 0.421 e. The quantitative estimate of drug-likeness (QED) is 0.433. The van der Waals surface area contributed by atoms with E-state index >= 15 is 0 Å². The second-order valence-corrected chi connectivity index (χ2v) is 10.3. The minimum atomic E-state index is -4.78. The Hall–Kier alpha value is -3.72. The number of aromatic nitrogens is 2. The minimum Gasteiger partial charge on any atom is -0.365 e. The molecular formula is C21H23F3N8O3S. The number of amides is 1. The second-order valence-electron chi connectivity index (χ2n) is 8.33. The van der Waals surface area contributed by atoms with Crippen molar-refractivity contribution in [1.29, 1.82) is 0 Å². The number of rotatable bonds is 7. The highest BCUT2D eigenvalue weighted by molar-refractivity contribution is 7.88. The molecule has 0 bridgehead atoms. The zero-order valence-corrected chi connectivity index (χ0v) is 20.3. The van der Waals surface area contributed by atoms with Crippen LogP contribution in [0.25, 0.3) is 0 Å². The standard InChI is InChI=1S/C21H23F3N8O3S/c1-12-8-25-11-28-20(12,32(2)36(3,34)35)10-27-18-15(21(22,23)24)9-26-19(31-18)29-14-4-5-16-13(6-14)7-17(33)30-16/h4-6,8-9,11H,7,10H2,1-3H3,(H,25,28)(H,30,33)(H2,26,27,29,31). The van der Waals surface area contributed by atoms with Crippen LogP contribution in [0.5, 0.6) is 0 Å². The van der Waals surface area contributed by atoms with Crippen molar-refractivity contribution in [3.8, 4) is 0 Å². The number of nitrogens with one attached hydrogen (secondary N) is 4. The summed E-state index contributed by atoms with van der Waals surface area (Å²) in [5, 5.41) is 10.9. The van der Waals surface area contributed by atoms with E-state index in [-0.39, 0.29) is 24.8 Å². The molecule has 3 heterocycles. The molecule has 192 valence electrons. The molecule has 1 atom stereocenters. The maximum absolute atomic E-state index is 13.7. The van der Waals surface area contributed by atoms with E-state index in [9.17, 15) is 26.4 Å². The van der Waals surface area contributed by atoms with Gasteiger partial charge in [-0.15, -0.1) is 0 Å². The molecule has 15 heteroatoms. The normalized spacial score (nSPS) is 19.4. The number of fused-ring (bicyclic) bond motifs is 1. The highest BCUT2D eigenvalue weighted by Crippen LogP contribution is 2.36. The molecule has 4 rings (SSSR count). The molecule has 36 heavy (non-hydrogen) atoms. The van der Waals surface area contributed by atoms with Crippen molar-refractivity contribution >= 4 is 45.4 Å². The number of likely N-dealkylation sites (N-methyl/N-ethyl adjacent to an activating group) is 1. The first-order chi connectivity index (χ1) is 16.8. The zero-order chi connectivity index (χ0) is 26.3. The third-order valence-electron chi connectivity index (χ3n) is 5.89. The summed E-state index contributed by atoms with van der Waals surface area (Å²) >= 11 is 0. The van der Waals surface area contributed by atoms with E-state index in [1.807, 2.05) is 0 Å². The number of alkyl halides is 3. The summed E-state index contributed by atoms with van der Waals surface area (Å²) in [4.78, 5) is 23.6. The smallest absolute Gasteiger partial charge is 0.365 e. The fourth-order valence-corrected chi connectivity index (χ4v) is 4.66. The highest BCUT2D eigenvalue weighted by atomic mass is 32.2. The molecule has 0 saturated heterocycles. The Morgan fingerprint density at radius 2 is 2.03 bits per heavy atom. The van der Waals surface area contributed by atoms with E-state index < -0.39 is 33.2 Å². The predicted octanol–water partition coefficient (Wildman–Crippen LogP) is 2.27. The number of carbonyl (C=O) groups excluding carboxylic acids is 1. The van der Waals surface area contributed by atoms with Gasteiger partial charge < -0.3 is 21.3 Å². The van der Waals surface area contributed by atoms with Crippen molar-refractivity contribution in [1.82, 2.24) is 19.6 Å². The predicted molar refractivity (Wildman–Crippen MR) is 128 cm³/mol. The number of halogens is 3. The Morgan fingerprint density at radius 3 is 2.69 bits per heavy atom. The van der Waals surface area contributed by atoms with E-state index in [2.05, 4.69) is 36.2 Å². The average molecular weight is 525 g/mol. The number of sulfonamides is 1. The third kappa shape index (κ3) is 4.97. The Labute approximate surface area is 205 Å². The Bertz CT molecular complexity index is 1380. The number of hydrogen-bond donors (Lipinski definition) is 4. The van der Waals surface area contributed by atoms with Crippen LogP contribution in [-0.2, 0) is 27.4 Å². The summed E-state index contributed by atoms with van der Waals surface area (Å²) < 4.78 is 66.8. The summed E-state index contributed by atoms with van der Waals surface area (Å²) in [7, 11) is -2.49. The summed E-state index contributed by atoms with van der Waals surface area (Å²) in [6.45, 7) is 1.27. The van der Waals surface area contributed by atoms with Gasteiger partial charge in [-0.1, -0.05) is 0 Å². The summed E-state index contributed by atoms with van der Waals surface area (Å²) in [5.41, 5.74) is -0.341. The lowest BCUT2D eigenvalue weighted by Crippen LogP contribution is -2.55. The van der Waals surface area contributed by atoms with Gasteiger partial charge in [0, 0.05) is 30.8 Å². The van der Waals surface area contributed by atoms with Gasteiger partial charge in [0.2, 0.25) is 21.9 Å². The van der Waals surface area contributed by atoms with Crippen LogP contribution in [-0.4, -0.2) is 60.4 Å². The minimum absolute atomic E-state index is 0.130. The molecule has 11 nitrogen and oxygen atoms in total. The monoisotopic (exact) mass is 524 g/mol. The van der Waals surface area contributed by atoms with Gasteiger partial charge in [0.25, 0.3) is 0 Å². The molecular weight excluding hydrogens is 501 g/mol. The second kappa shape index (κ2) is 9.05. The third-order valence-corrected chi connectivity index (χ3v) is 7.18. The van der Waals surface area contributed by atoms with Gasteiger partial charge >= 0.3 is 6.18 Å². The van der Waals surface area contributed by atoms with Gasteiger partial charge in [-0.05, 0) is 36.3 Å². The molecule has 1 unspecified atom stereocenters. The van der Waals surface area contributed by atoms with Crippen molar-refractivity contribution in [3.05, 3.63) is 47.3 Å². The number of aliphatic imine (C=N–C) groups is 1. The van der Waals surface area contributed by atoms with Crippen LogP contribution in [0.2, 0.25) is 0 Å². The lowest BCUT2D eigenvalue weighted by molar-refractivity contribution is -0.137. The van der Waals surface area contributed by atoms with Crippen LogP contribution in [0.1, 0.15) is 18.1 Å². The van der Waals surface area contributed by atoms with Crippen molar-refractivity contribution in [2.45, 2.75) is 25.2 Å². The van der Waals surface area contributed by atoms with Gasteiger partial charge in [0.05, 0.1) is 25.6 Å². The first kappa shape index (κ1) is 25.4. The van der Waals surface area contributed by atoms with Crippen LogP contribution < -0.4 is 21.3 Å². The Balaban J connectivity index is 1.66. The molecule has 0 aliphatic carbocycles. The van der Waals surface area contributed by atoms with E-state index in [4.69, 9.17) is 0 Å². The van der Waals surface area contributed by atoms with E-state index in [0.717, 1.165) is 16.1 Å². The first-order valence-corrected chi connectivity index (χ1v) is 12.4. The van der Waals surface area contributed by atoms with Gasteiger partial charge in [-0.3, -0.25) is 4.79 Å². The van der Waals surface area contributed by atoms with Crippen LogP contribution in [0.15, 0.2) is 41.2 Å². The molecule has 0 fully saturated rings. The zero-order valence-electron chi connectivity index (χ0n) is 19.4. The van der Waals surface area contributed by atoms with Crippen molar-refractivity contribution in [2.24, 2.45) is 4.99 Å². The van der Waals surface area contributed by atoms with E-state index in [1.54, 1.807) is 25.1 Å². The Kier molecular flexibility index (Phi) is 6.38. The summed E-state index contributed by atoms with van der Waals surface area (Å²) in [6, 6.07) is 4.97. The van der Waals surface area contributed by atoms with Crippen molar-refractivity contribution in [2.75, 3.05) is 35.8 Å². The molecule has 2 aliphatic rings. The number of anilines is 4. The molecule has 2 aliphatic heterocycles. The molecule has 4 N–H and O–H groups in total. The molecule has 1 aromatic heterocycles. The van der Waals surface area contributed by atoms with Crippen LogP contribution in [0, 0.1) is 0 Å².